The van der Waals surface area contributed by atoms with Crippen molar-refractivity contribution in [3.05, 3.63) is 29.8 Å². The van der Waals surface area contributed by atoms with Crippen molar-refractivity contribution in [1.82, 2.24) is 14.5 Å². The number of methoxy groups -OCH3 is 1. The molecule has 3 rings (SSSR count). The molecular weight excluding hydrogens is 285 g/mol. The van der Waals surface area contributed by atoms with E-state index in [-0.39, 0.29) is 17.8 Å². The van der Waals surface area contributed by atoms with E-state index in [0.717, 1.165) is 37.3 Å². The first kappa shape index (κ1) is 15.0. The maximum absolute atomic E-state index is 13.4. The second-order valence-corrected chi connectivity index (χ2v) is 5.56. The molecule has 0 N–H and O–H groups in total. The number of imidazole rings is 1. The summed E-state index contributed by atoms with van der Waals surface area (Å²) in [6.07, 6.45) is 1.79. The number of carbonyl (C=O) groups is 1. The van der Waals surface area contributed by atoms with E-state index in [0.29, 0.717) is 12.1 Å². The van der Waals surface area contributed by atoms with Gasteiger partial charge in [-0.2, -0.15) is 0 Å². The molecule has 0 unspecified atom stereocenters. The number of ether oxygens (including phenoxy) is 1. The maximum Gasteiger partial charge on any atom is 0.323 e. The van der Waals surface area contributed by atoms with Gasteiger partial charge in [-0.25, -0.2) is 9.37 Å². The van der Waals surface area contributed by atoms with E-state index in [2.05, 4.69) is 14.5 Å². The first-order chi connectivity index (χ1) is 10.6. The summed E-state index contributed by atoms with van der Waals surface area (Å²) in [5.74, 6) is 0.384. The number of rotatable bonds is 4. The number of aromatic nitrogens is 2. The van der Waals surface area contributed by atoms with Crippen LogP contribution in [-0.2, 0) is 22.6 Å². The molecule has 0 aliphatic carbocycles. The minimum atomic E-state index is -0.284. The summed E-state index contributed by atoms with van der Waals surface area (Å²) in [6.45, 7) is 4.22. The molecule has 0 bridgehead atoms. The molecule has 2 aromatic rings. The SMILES string of the molecule is CCn1c(CN2CCC[C@H]2C(=O)OC)nc2cc(F)ccc21. The molecule has 1 fully saturated rings. The first-order valence-electron chi connectivity index (χ1n) is 7.60. The Kier molecular flexibility index (Phi) is 4.11. The summed E-state index contributed by atoms with van der Waals surface area (Å²) in [6, 6.07) is 4.46. The lowest BCUT2D eigenvalue weighted by Gasteiger charge is -2.22. The predicted octanol–water partition coefficient (Wildman–Crippen LogP) is 2.33. The van der Waals surface area contributed by atoms with E-state index in [1.54, 1.807) is 6.07 Å². The number of aryl methyl sites for hydroxylation is 1. The normalized spacial score (nSPS) is 19.0. The fourth-order valence-electron chi connectivity index (χ4n) is 3.23. The first-order valence-corrected chi connectivity index (χ1v) is 7.60. The largest absolute Gasteiger partial charge is 0.468 e. The zero-order valence-corrected chi connectivity index (χ0v) is 12.9. The van der Waals surface area contributed by atoms with Crippen molar-refractivity contribution in [2.75, 3.05) is 13.7 Å². The van der Waals surface area contributed by atoms with Crippen molar-refractivity contribution < 1.29 is 13.9 Å². The summed E-state index contributed by atoms with van der Waals surface area (Å²) in [5, 5.41) is 0. The lowest BCUT2D eigenvalue weighted by molar-refractivity contribution is -0.146. The Morgan fingerprint density at radius 1 is 1.50 bits per heavy atom. The molecule has 1 atom stereocenters. The summed E-state index contributed by atoms with van der Waals surface area (Å²) < 4.78 is 20.3. The van der Waals surface area contributed by atoms with Gasteiger partial charge in [-0.05, 0) is 38.4 Å². The highest BCUT2D eigenvalue weighted by atomic mass is 19.1. The molecule has 1 aliphatic heterocycles. The molecule has 118 valence electrons. The van der Waals surface area contributed by atoms with Crippen LogP contribution in [0.25, 0.3) is 11.0 Å². The van der Waals surface area contributed by atoms with Gasteiger partial charge in [-0.15, -0.1) is 0 Å². The molecule has 2 heterocycles. The summed E-state index contributed by atoms with van der Waals surface area (Å²) in [7, 11) is 1.42. The zero-order valence-electron chi connectivity index (χ0n) is 12.9. The third kappa shape index (κ3) is 2.59. The van der Waals surface area contributed by atoms with Gasteiger partial charge < -0.3 is 9.30 Å². The fourth-order valence-corrected chi connectivity index (χ4v) is 3.23. The van der Waals surface area contributed by atoms with Crippen LogP contribution >= 0.6 is 0 Å². The lowest BCUT2D eigenvalue weighted by atomic mass is 10.2. The van der Waals surface area contributed by atoms with E-state index in [1.165, 1.54) is 19.2 Å². The number of hydrogen-bond donors (Lipinski definition) is 0. The van der Waals surface area contributed by atoms with Gasteiger partial charge in [0.15, 0.2) is 0 Å². The van der Waals surface area contributed by atoms with E-state index in [9.17, 15) is 9.18 Å². The number of fused-ring (bicyclic) bond motifs is 1. The van der Waals surface area contributed by atoms with Crippen molar-refractivity contribution >= 4 is 17.0 Å². The van der Waals surface area contributed by atoms with Gasteiger partial charge in [0.25, 0.3) is 0 Å². The number of halogens is 1. The van der Waals surface area contributed by atoms with Crippen LogP contribution in [0.5, 0.6) is 0 Å². The minimum absolute atomic E-state index is 0.192. The quantitative estimate of drug-likeness (QED) is 0.814. The second-order valence-electron chi connectivity index (χ2n) is 5.56. The average molecular weight is 305 g/mol. The van der Waals surface area contributed by atoms with Crippen molar-refractivity contribution in [3.8, 4) is 0 Å². The molecule has 1 aliphatic rings. The lowest BCUT2D eigenvalue weighted by Crippen LogP contribution is -2.37. The summed E-state index contributed by atoms with van der Waals surface area (Å²) in [5.41, 5.74) is 1.58. The van der Waals surface area contributed by atoms with Gasteiger partial charge >= 0.3 is 5.97 Å². The third-order valence-electron chi connectivity index (χ3n) is 4.29. The number of nitrogens with zero attached hydrogens (tertiary/aromatic N) is 3. The van der Waals surface area contributed by atoms with Crippen LogP contribution in [-0.4, -0.2) is 40.1 Å². The number of likely N-dealkylation sites (tertiary alicyclic amines) is 1. The highest BCUT2D eigenvalue weighted by molar-refractivity contribution is 5.77. The van der Waals surface area contributed by atoms with Crippen LogP contribution in [0.2, 0.25) is 0 Å². The second kappa shape index (κ2) is 6.04. The molecule has 6 heteroatoms. The Morgan fingerprint density at radius 3 is 3.05 bits per heavy atom. The summed E-state index contributed by atoms with van der Waals surface area (Å²) >= 11 is 0. The molecule has 0 saturated carbocycles. The number of esters is 1. The third-order valence-corrected chi connectivity index (χ3v) is 4.29. The van der Waals surface area contributed by atoms with Crippen LogP contribution in [0.4, 0.5) is 4.39 Å². The molecule has 1 aromatic carbocycles. The number of carbonyl (C=O) groups excluding carboxylic acids is 1. The van der Waals surface area contributed by atoms with E-state index >= 15 is 0 Å². The van der Waals surface area contributed by atoms with Crippen LogP contribution in [0.15, 0.2) is 18.2 Å². The molecule has 1 aromatic heterocycles. The van der Waals surface area contributed by atoms with Gasteiger partial charge in [-0.1, -0.05) is 0 Å². The Bertz CT molecular complexity index is 698. The predicted molar refractivity (Wildman–Crippen MR) is 80.8 cm³/mol. The maximum atomic E-state index is 13.4. The molecule has 1 saturated heterocycles. The van der Waals surface area contributed by atoms with Crippen LogP contribution < -0.4 is 0 Å². The molecule has 22 heavy (non-hydrogen) atoms. The van der Waals surface area contributed by atoms with Gasteiger partial charge in [0.2, 0.25) is 0 Å². The molecule has 0 amide bonds. The Balaban J connectivity index is 1.91. The van der Waals surface area contributed by atoms with Crippen molar-refractivity contribution in [3.63, 3.8) is 0 Å². The molecule has 0 radical (unpaired) electrons. The topological polar surface area (TPSA) is 47.4 Å². The smallest absolute Gasteiger partial charge is 0.323 e. The van der Waals surface area contributed by atoms with Crippen molar-refractivity contribution in [1.29, 1.82) is 0 Å². The van der Waals surface area contributed by atoms with Crippen molar-refractivity contribution in [2.24, 2.45) is 0 Å². The summed E-state index contributed by atoms with van der Waals surface area (Å²) in [4.78, 5) is 18.5. The highest BCUT2D eigenvalue weighted by Crippen LogP contribution is 2.23. The minimum Gasteiger partial charge on any atom is -0.468 e. The molecular formula is C16H20FN3O2. The molecule has 5 nitrogen and oxygen atoms in total. The van der Waals surface area contributed by atoms with Gasteiger partial charge in [-0.3, -0.25) is 9.69 Å². The van der Waals surface area contributed by atoms with Crippen LogP contribution in [0.3, 0.4) is 0 Å². The Labute approximate surface area is 128 Å². The van der Waals surface area contributed by atoms with Gasteiger partial charge in [0.05, 0.1) is 24.7 Å². The monoisotopic (exact) mass is 305 g/mol. The molecule has 0 spiro atoms. The van der Waals surface area contributed by atoms with E-state index in [4.69, 9.17) is 4.74 Å². The highest BCUT2D eigenvalue weighted by Gasteiger charge is 2.32. The Hall–Kier alpha value is -1.95. The van der Waals surface area contributed by atoms with Crippen LogP contribution in [0, 0.1) is 5.82 Å². The van der Waals surface area contributed by atoms with Crippen molar-refractivity contribution in [2.45, 2.75) is 38.9 Å². The van der Waals surface area contributed by atoms with E-state index < -0.39 is 0 Å². The van der Waals surface area contributed by atoms with Gasteiger partial charge in [0.1, 0.15) is 17.7 Å². The van der Waals surface area contributed by atoms with Gasteiger partial charge in [0, 0.05) is 12.6 Å². The fraction of sp³-hybridized carbons (Fsp3) is 0.500. The number of benzene rings is 1. The van der Waals surface area contributed by atoms with Crippen LogP contribution in [0.1, 0.15) is 25.6 Å². The zero-order chi connectivity index (χ0) is 15.7. The Morgan fingerprint density at radius 2 is 2.32 bits per heavy atom. The average Bonchev–Trinajstić information content (AvgIpc) is 3.10. The number of hydrogen-bond acceptors (Lipinski definition) is 4. The standard InChI is InChI=1S/C16H20FN3O2/c1-3-20-13-7-6-11(17)9-12(13)18-15(20)10-19-8-4-5-14(19)16(21)22-2/h6-7,9,14H,3-5,8,10H2,1-2H3/t14-/m0/s1. The van der Waals surface area contributed by atoms with E-state index in [1.807, 2.05) is 6.92 Å².